The minimum Gasteiger partial charge on any atom is -0.380 e. The number of pyridine rings is 1. The van der Waals surface area contributed by atoms with Crippen LogP contribution < -0.4 is 5.32 Å². The maximum absolute atomic E-state index is 5.78. The van der Waals surface area contributed by atoms with Crippen LogP contribution in [0.25, 0.3) is 0 Å². The molecule has 2 nitrogen and oxygen atoms in total. The molecule has 2 aromatic heterocycles. The predicted octanol–water partition coefficient (Wildman–Crippen LogP) is 4.17. The van der Waals surface area contributed by atoms with Gasteiger partial charge in [0.25, 0.3) is 0 Å². The molecule has 2 aromatic rings. The minimum absolute atomic E-state index is 0.505. The molecule has 0 aliphatic carbocycles. The van der Waals surface area contributed by atoms with Crippen molar-refractivity contribution in [2.75, 3.05) is 5.32 Å². The van der Waals surface area contributed by atoms with E-state index in [1.807, 2.05) is 18.2 Å². The van der Waals surface area contributed by atoms with Crippen molar-refractivity contribution in [3.05, 3.63) is 44.3 Å². The largest absolute Gasteiger partial charge is 0.380 e. The molecular formula is C10H8BrClN2S. The Balaban J connectivity index is 2.02. The predicted molar refractivity (Wildman–Crippen MR) is 68.6 cm³/mol. The maximum atomic E-state index is 5.78. The minimum atomic E-state index is 0.505. The lowest BCUT2D eigenvalue weighted by Gasteiger charge is -2.04. The van der Waals surface area contributed by atoms with Gasteiger partial charge in [0.1, 0.15) is 5.15 Å². The van der Waals surface area contributed by atoms with Gasteiger partial charge in [-0.3, -0.25) is 0 Å². The van der Waals surface area contributed by atoms with Crippen molar-refractivity contribution in [3.8, 4) is 0 Å². The lowest BCUT2D eigenvalue weighted by atomic mass is 10.4. The zero-order valence-electron chi connectivity index (χ0n) is 7.71. The van der Waals surface area contributed by atoms with Gasteiger partial charge in [0.15, 0.2) is 0 Å². The highest BCUT2D eigenvalue weighted by Crippen LogP contribution is 2.23. The molecule has 2 heterocycles. The van der Waals surface area contributed by atoms with E-state index in [9.17, 15) is 0 Å². The molecule has 0 radical (unpaired) electrons. The molecule has 0 unspecified atom stereocenters. The number of nitrogens with zero attached hydrogens (tertiary/aromatic N) is 1. The molecule has 0 bridgehead atoms. The molecule has 15 heavy (non-hydrogen) atoms. The number of anilines is 1. The monoisotopic (exact) mass is 302 g/mol. The third-order valence-electron chi connectivity index (χ3n) is 1.87. The number of thiophene rings is 1. The molecule has 0 aliphatic rings. The van der Waals surface area contributed by atoms with Crippen LogP contribution in [-0.4, -0.2) is 4.98 Å². The fraction of sp³-hybridized carbons (Fsp3) is 0.100. The molecule has 1 N–H and O–H groups in total. The van der Waals surface area contributed by atoms with Crippen LogP contribution in [0.4, 0.5) is 5.69 Å². The van der Waals surface area contributed by atoms with Crippen molar-refractivity contribution in [3.63, 3.8) is 0 Å². The first-order valence-corrected chi connectivity index (χ1v) is 6.38. The molecular weight excluding hydrogens is 296 g/mol. The summed E-state index contributed by atoms with van der Waals surface area (Å²) in [4.78, 5) is 5.19. The van der Waals surface area contributed by atoms with Gasteiger partial charge in [-0.1, -0.05) is 11.6 Å². The zero-order valence-corrected chi connectivity index (χ0v) is 10.9. The Morgan fingerprint density at radius 3 is 3.00 bits per heavy atom. The third-order valence-corrected chi connectivity index (χ3v) is 4.00. The van der Waals surface area contributed by atoms with Gasteiger partial charge in [0.2, 0.25) is 0 Å². The Bertz CT molecular complexity index is 458. The summed E-state index contributed by atoms with van der Waals surface area (Å²) in [6.07, 6.45) is 1.69. The average Bonchev–Trinajstić information content (AvgIpc) is 2.61. The normalized spacial score (nSPS) is 10.3. The summed E-state index contributed by atoms with van der Waals surface area (Å²) >= 11 is 11.0. The number of nitrogens with one attached hydrogen (secondary N) is 1. The number of hydrogen-bond acceptors (Lipinski definition) is 3. The second kappa shape index (κ2) is 4.96. The number of halogens is 2. The van der Waals surface area contributed by atoms with Crippen molar-refractivity contribution < 1.29 is 0 Å². The highest BCUT2D eigenvalue weighted by atomic mass is 79.9. The summed E-state index contributed by atoms with van der Waals surface area (Å²) in [6, 6.07) is 5.75. The van der Waals surface area contributed by atoms with E-state index in [4.69, 9.17) is 11.6 Å². The van der Waals surface area contributed by atoms with E-state index in [1.165, 1.54) is 4.88 Å². The average molecular weight is 304 g/mol. The second-order valence-electron chi connectivity index (χ2n) is 2.91. The van der Waals surface area contributed by atoms with Crippen LogP contribution in [0, 0.1) is 0 Å². The van der Waals surface area contributed by atoms with Crippen LogP contribution in [0.2, 0.25) is 5.15 Å². The summed E-state index contributed by atoms with van der Waals surface area (Å²) in [5.41, 5.74) is 0.982. The van der Waals surface area contributed by atoms with Crippen molar-refractivity contribution in [1.29, 1.82) is 0 Å². The van der Waals surface area contributed by atoms with E-state index in [0.29, 0.717) is 5.15 Å². The summed E-state index contributed by atoms with van der Waals surface area (Å²) in [7, 11) is 0. The quantitative estimate of drug-likeness (QED) is 0.861. The van der Waals surface area contributed by atoms with Crippen molar-refractivity contribution in [2.24, 2.45) is 0 Å². The molecule has 5 heteroatoms. The molecule has 0 aromatic carbocycles. The molecule has 2 rings (SSSR count). The van der Waals surface area contributed by atoms with E-state index >= 15 is 0 Å². The number of hydrogen-bond donors (Lipinski definition) is 1. The van der Waals surface area contributed by atoms with Gasteiger partial charge in [0.05, 0.1) is 6.54 Å². The van der Waals surface area contributed by atoms with Crippen LogP contribution >= 0.6 is 38.9 Å². The molecule has 0 spiro atoms. The first kappa shape index (κ1) is 10.9. The lowest BCUT2D eigenvalue weighted by Crippen LogP contribution is -1.97. The van der Waals surface area contributed by atoms with Gasteiger partial charge in [-0.25, -0.2) is 4.98 Å². The fourth-order valence-corrected chi connectivity index (χ4v) is 2.75. The summed E-state index contributed by atoms with van der Waals surface area (Å²) < 4.78 is 1.14. The third kappa shape index (κ3) is 2.93. The Kier molecular flexibility index (Phi) is 3.61. The Labute approximate surface area is 105 Å². The fourth-order valence-electron chi connectivity index (χ4n) is 1.15. The highest BCUT2D eigenvalue weighted by molar-refractivity contribution is 9.10. The van der Waals surface area contributed by atoms with Gasteiger partial charge in [-0.05, 0) is 39.5 Å². The van der Waals surface area contributed by atoms with Crippen LogP contribution in [0.3, 0.4) is 0 Å². The molecule has 0 saturated heterocycles. The second-order valence-corrected chi connectivity index (χ2v) is 5.15. The molecule has 0 atom stereocenters. The van der Waals surface area contributed by atoms with E-state index in [0.717, 1.165) is 16.7 Å². The van der Waals surface area contributed by atoms with Gasteiger partial charge in [-0.15, -0.1) is 11.3 Å². The van der Waals surface area contributed by atoms with Crippen LogP contribution in [0.1, 0.15) is 4.88 Å². The van der Waals surface area contributed by atoms with Crippen molar-refractivity contribution in [1.82, 2.24) is 4.98 Å². The first-order chi connectivity index (χ1) is 7.25. The van der Waals surface area contributed by atoms with E-state index in [1.54, 1.807) is 17.5 Å². The Morgan fingerprint density at radius 1 is 1.47 bits per heavy atom. The summed E-state index contributed by atoms with van der Waals surface area (Å²) in [5.74, 6) is 0. The van der Waals surface area contributed by atoms with Crippen LogP contribution in [-0.2, 0) is 6.54 Å². The SMILES string of the molecule is Clc1cc(NCc2sccc2Br)ccn1. The smallest absolute Gasteiger partial charge is 0.131 e. The Hall–Kier alpha value is -0.580. The lowest BCUT2D eigenvalue weighted by molar-refractivity contribution is 1.17. The van der Waals surface area contributed by atoms with Gasteiger partial charge in [0, 0.05) is 21.2 Å². The van der Waals surface area contributed by atoms with Crippen molar-refractivity contribution in [2.45, 2.75) is 6.54 Å². The molecule has 0 saturated carbocycles. The van der Waals surface area contributed by atoms with Gasteiger partial charge in [-0.2, -0.15) is 0 Å². The van der Waals surface area contributed by atoms with E-state index in [-0.39, 0.29) is 0 Å². The molecule has 0 aliphatic heterocycles. The zero-order chi connectivity index (χ0) is 10.7. The van der Waals surface area contributed by atoms with Gasteiger partial charge >= 0.3 is 0 Å². The maximum Gasteiger partial charge on any atom is 0.131 e. The van der Waals surface area contributed by atoms with Crippen LogP contribution in [0.15, 0.2) is 34.2 Å². The number of aromatic nitrogens is 1. The van der Waals surface area contributed by atoms with E-state index in [2.05, 4.69) is 31.6 Å². The van der Waals surface area contributed by atoms with Crippen LogP contribution in [0.5, 0.6) is 0 Å². The summed E-state index contributed by atoms with van der Waals surface area (Å²) in [6.45, 7) is 0.790. The Morgan fingerprint density at radius 2 is 2.33 bits per heavy atom. The molecule has 0 fully saturated rings. The summed E-state index contributed by atoms with van der Waals surface area (Å²) in [5, 5.41) is 5.85. The molecule has 78 valence electrons. The van der Waals surface area contributed by atoms with E-state index < -0.39 is 0 Å². The first-order valence-electron chi connectivity index (χ1n) is 4.33. The topological polar surface area (TPSA) is 24.9 Å². The highest BCUT2D eigenvalue weighted by Gasteiger charge is 2.01. The number of rotatable bonds is 3. The van der Waals surface area contributed by atoms with Gasteiger partial charge < -0.3 is 5.32 Å². The standard InChI is InChI=1S/C10H8BrClN2S/c11-8-2-4-15-9(8)6-14-7-1-3-13-10(12)5-7/h1-5H,6H2,(H,13,14). The molecule has 0 amide bonds. The van der Waals surface area contributed by atoms with Crippen molar-refractivity contribution >= 4 is 44.6 Å².